The number of aliphatic hydroxyl groups is 6. The molecule has 0 aromatic rings. The lowest BCUT2D eigenvalue weighted by Gasteiger charge is -2.34. The molecule has 20 heavy (non-hydrogen) atoms. The molecule has 10 nitrogen and oxygen atoms in total. The zero-order chi connectivity index (χ0) is 16.0. The number of hydrogen-bond donors (Lipinski definition) is 7. The van der Waals surface area contributed by atoms with E-state index in [4.69, 9.17) is 10.2 Å². The number of carbonyl (C=O) groups is 2. The first-order valence-corrected chi connectivity index (χ1v) is 5.71. The van der Waals surface area contributed by atoms with Crippen LogP contribution in [0.4, 0.5) is 0 Å². The molecule has 0 aromatic heterocycles. The van der Waals surface area contributed by atoms with Crippen LogP contribution in [0.1, 0.15) is 13.8 Å². The van der Waals surface area contributed by atoms with Crippen molar-refractivity contribution in [2.24, 2.45) is 0 Å². The molecule has 0 fully saturated rings. The normalized spacial score (nSPS) is 18.6. The Morgan fingerprint density at radius 1 is 1.00 bits per heavy atom. The van der Waals surface area contributed by atoms with Crippen LogP contribution in [0.15, 0.2) is 0 Å². The molecule has 0 aliphatic carbocycles. The van der Waals surface area contributed by atoms with Gasteiger partial charge in [0.25, 0.3) is 0 Å². The van der Waals surface area contributed by atoms with Gasteiger partial charge in [-0.2, -0.15) is 0 Å². The van der Waals surface area contributed by atoms with E-state index in [0.29, 0.717) is 5.01 Å². The van der Waals surface area contributed by atoms with E-state index in [1.54, 1.807) is 0 Å². The fourth-order valence-electron chi connectivity index (χ4n) is 1.37. The van der Waals surface area contributed by atoms with Crippen LogP contribution in [-0.2, 0) is 9.59 Å². The third-order valence-electron chi connectivity index (χ3n) is 2.47. The third-order valence-corrected chi connectivity index (χ3v) is 2.47. The van der Waals surface area contributed by atoms with Crippen LogP contribution in [0.25, 0.3) is 0 Å². The minimum Gasteiger partial charge on any atom is -0.394 e. The molecule has 1 unspecified atom stereocenters. The predicted octanol–water partition coefficient (Wildman–Crippen LogP) is -4.36. The average Bonchev–Trinajstić information content (AvgIpc) is 2.39. The summed E-state index contributed by atoms with van der Waals surface area (Å²) in [5, 5.41) is 56.3. The maximum atomic E-state index is 11.2. The van der Waals surface area contributed by atoms with E-state index in [2.05, 4.69) is 0 Å². The Hall–Kier alpha value is -1.30. The Balaban J connectivity index is 4.91. The summed E-state index contributed by atoms with van der Waals surface area (Å²) >= 11 is 0. The van der Waals surface area contributed by atoms with Crippen molar-refractivity contribution in [3.63, 3.8) is 0 Å². The van der Waals surface area contributed by atoms with Crippen molar-refractivity contribution >= 4 is 11.8 Å². The molecule has 0 spiro atoms. The number of rotatable bonds is 6. The fraction of sp³-hybridized carbons (Fsp3) is 0.800. The van der Waals surface area contributed by atoms with Gasteiger partial charge in [-0.3, -0.25) is 15.0 Å². The number of amides is 2. The zero-order valence-corrected chi connectivity index (χ0v) is 11.0. The highest BCUT2D eigenvalue weighted by molar-refractivity contribution is 5.79. The van der Waals surface area contributed by atoms with Gasteiger partial charge in [0, 0.05) is 13.8 Å². The van der Waals surface area contributed by atoms with Crippen LogP contribution in [0.2, 0.25) is 0 Å². The first-order chi connectivity index (χ1) is 9.13. The first kappa shape index (κ1) is 18.7. The van der Waals surface area contributed by atoms with E-state index in [0.717, 1.165) is 13.8 Å². The zero-order valence-electron chi connectivity index (χ0n) is 11.0. The third kappa shape index (κ3) is 5.00. The van der Waals surface area contributed by atoms with E-state index in [-0.39, 0.29) is 0 Å². The van der Waals surface area contributed by atoms with Crippen molar-refractivity contribution in [1.29, 1.82) is 0 Å². The van der Waals surface area contributed by atoms with Crippen LogP contribution in [-0.4, -0.2) is 84.7 Å². The van der Waals surface area contributed by atoms with Gasteiger partial charge in [0.1, 0.15) is 24.4 Å². The molecule has 0 rings (SSSR count). The number of nitrogens with zero attached hydrogens (tertiary/aromatic N) is 1. The van der Waals surface area contributed by atoms with Gasteiger partial charge in [0.2, 0.25) is 11.8 Å². The summed E-state index contributed by atoms with van der Waals surface area (Å²) < 4.78 is 0. The lowest BCUT2D eigenvalue weighted by Crippen LogP contribution is -2.60. The van der Waals surface area contributed by atoms with Crippen molar-refractivity contribution in [2.45, 2.75) is 44.5 Å². The second-order valence-electron chi connectivity index (χ2n) is 4.19. The van der Waals surface area contributed by atoms with Gasteiger partial charge in [0.15, 0.2) is 6.23 Å². The number of carbonyl (C=O) groups excluding carboxylic acids is 2. The van der Waals surface area contributed by atoms with Crippen molar-refractivity contribution < 1.29 is 40.2 Å². The number of hydrazine groups is 1. The lowest BCUT2D eigenvalue weighted by molar-refractivity contribution is -0.187. The first-order valence-electron chi connectivity index (χ1n) is 5.71. The molecule has 118 valence electrons. The van der Waals surface area contributed by atoms with Gasteiger partial charge in [0.05, 0.1) is 6.61 Å². The molecule has 0 aliphatic heterocycles. The summed E-state index contributed by atoms with van der Waals surface area (Å²) in [6, 6.07) is 0. The Labute approximate surface area is 114 Å². The molecule has 7 N–H and O–H groups in total. The van der Waals surface area contributed by atoms with Gasteiger partial charge in [-0.25, -0.2) is 5.01 Å². The smallest absolute Gasteiger partial charge is 0.240 e. The highest BCUT2D eigenvalue weighted by atomic mass is 16.4. The molecule has 0 saturated carbocycles. The summed E-state index contributed by atoms with van der Waals surface area (Å²) in [6.45, 7) is 1.15. The van der Waals surface area contributed by atoms with Crippen LogP contribution < -0.4 is 5.43 Å². The molecular formula is C10H20N2O8. The maximum absolute atomic E-state index is 11.2. The molecule has 0 aromatic carbocycles. The van der Waals surface area contributed by atoms with E-state index >= 15 is 0 Å². The van der Waals surface area contributed by atoms with Crippen LogP contribution in [0, 0.1) is 0 Å². The van der Waals surface area contributed by atoms with Gasteiger partial charge in [-0.1, -0.05) is 0 Å². The largest absolute Gasteiger partial charge is 0.394 e. The SMILES string of the molecule is CC(=O)NN(C(C)=O)C(O)[C@@H](O)[C@H](O)[C@H](O)[C@H](O)CO. The van der Waals surface area contributed by atoms with Crippen molar-refractivity contribution in [1.82, 2.24) is 10.4 Å². The second kappa shape index (κ2) is 8.09. The Kier molecular flexibility index (Phi) is 7.57. The highest BCUT2D eigenvalue weighted by Crippen LogP contribution is 2.10. The summed E-state index contributed by atoms with van der Waals surface area (Å²) in [5.41, 5.74) is 1.93. The van der Waals surface area contributed by atoms with Gasteiger partial charge in [-0.05, 0) is 0 Å². The van der Waals surface area contributed by atoms with Crippen LogP contribution in [0.5, 0.6) is 0 Å². The fourth-order valence-corrected chi connectivity index (χ4v) is 1.37. The summed E-state index contributed by atoms with van der Waals surface area (Å²) in [4.78, 5) is 22.1. The maximum Gasteiger partial charge on any atom is 0.240 e. The summed E-state index contributed by atoms with van der Waals surface area (Å²) in [6.07, 6.45) is -9.94. The molecule has 0 aliphatic rings. The van der Waals surface area contributed by atoms with Gasteiger partial charge >= 0.3 is 0 Å². The topological polar surface area (TPSA) is 171 Å². The Morgan fingerprint density at radius 3 is 1.85 bits per heavy atom. The average molecular weight is 296 g/mol. The molecule has 0 bridgehead atoms. The monoisotopic (exact) mass is 296 g/mol. The van der Waals surface area contributed by atoms with E-state index < -0.39 is 49.1 Å². The highest BCUT2D eigenvalue weighted by Gasteiger charge is 2.37. The van der Waals surface area contributed by atoms with E-state index in [1.165, 1.54) is 0 Å². The van der Waals surface area contributed by atoms with E-state index in [9.17, 15) is 30.0 Å². The minimum absolute atomic E-state index is 0.355. The van der Waals surface area contributed by atoms with Crippen LogP contribution >= 0.6 is 0 Å². The molecule has 2 amide bonds. The van der Waals surface area contributed by atoms with E-state index in [1.807, 2.05) is 5.43 Å². The molecule has 0 heterocycles. The quantitative estimate of drug-likeness (QED) is 0.190. The number of hydrogen-bond acceptors (Lipinski definition) is 8. The number of nitrogens with one attached hydrogen (secondary N) is 1. The lowest BCUT2D eigenvalue weighted by atomic mass is 10.0. The minimum atomic E-state index is -2.10. The Bertz CT molecular complexity index is 339. The molecule has 5 atom stereocenters. The second-order valence-corrected chi connectivity index (χ2v) is 4.19. The Morgan fingerprint density at radius 2 is 1.50 bits per heavy atom. The predicted molar refractivity (Wildman–Crippen MR) is 63.5 cm³/mol. The molecular weight excluding hydrogens is 276 g/mol. The van der Waals surface area contributed by atoms with Gasteiger partial charge < -0.3 is 30.6 Å². The van der Waals surface area contributed by atoms with Gasteiger partial charge in [-0.15, -0.1) is 0 Å². The number of aliphatic hydroxyl groups excluding tert-OH is 6. The molecule has 10 heteroatoms. The molecule has 0 radical (unpaired) electrons. The van der Waals surface area contributed by atoms with Crippen molar-refractivity contribution in [2.75, 3.05) is 6.61 Å². The summed E-state index contributed by atoms with van der Waals surface area (Å²) in [7, 11) is 0. The van der Waals surface area contributed by atoms with Crippen LogP contribution in [0.3, 0.4) is 0 Å². The summed E-state index contributed by atoms with van der Waals surface area (Å²) in [5.74, 6) is -1.55. The standard InChI is InChI=1S/C10H20N2O8/c1-4(14)11-12(5(2)15)10(20)9(19)8(18)7(17)6(16)3-13/h6-10,13,16-20H,3H2,1-2H3,(H,11,14)/t6-,7-,8-,9+,10?/m1/s1. The van der Waals surface area contributed by atoms with Crippen molar-refractivity contribution in [3.8, 4) is 0 Å². The molecule has 0 saturated heterocycles. The van der Waals surface area contributed by atoms with Crippen molar-refractivity contribution in [3.05, 3.63) is 0 Å².